The first-order chi connectivity index (χ1) is 13.0. The fraction of sp³-hybridized carbons (Fsp3) is 0.143. The highest BCUT2D eigenvalue weighted by molar-refractivity contribution is 6.37. The van der Waals surface area contributed by atoms with Gasteiger partial charge in [-0.3, -0.25) is 14.5 Å². The molecule has 2 amide bonds. The number of imide groups is 1. The topological polar surface area (TPSA) is 58.6 Å². The monoisotopic (exact) mass is 382 g/mol. The van der Waals surface area contributed by atoms with Gasteiger partial charge in [0.25, 0.3) is 11.8 Å². The van der Waals surface area contributed by atoms with Crippen molar-refractivity contribution in [2.24, 2.45) is 0 Å². The number of carbonyl (C=O) groups excluding carboxylic acids is 2. The molecular formula is C21H19ClN2O3. The third-order valence-corrected chi connectivity index (χ3v) is 4.28. The molecule has 1 aliphatic rings. The second-order valence-corrected chi connectivity index (χ2v) is 6.29. The Morgan fingerprint density at radius 2 is 1.89 bits per heavy atom. The molecular weight excluding hydrogens is 364 g/mol. The van der Waals surface area contributed by atoms with Crippen LogP contribution >= 0.6 is 11.6 Å². The summed E-state index contributed by atoms with van der Waals surface area (Å²) in [6.45, 7) is 6.19. The molecule has 0 radical (unpaired) electrons. The number of halogens is 1. The first-order valence-electron chi connectivity index (χ1n) is 8.52. The van der Waals surface area contributed by atoms with E-state index in [0.29, 0.717) is 34.2 Å². The van der Waals surface area contributed by atoms with Gasteiger partial charge in [0.1, 0.15) is 11.4 Å². The van der Waals surface area contributed by atoms with Gasteiger partial charge in [0.05, 0.1) is 12.2 Å². The first-order valence-corrected chi connectivity index (χ1v) is 8.90. The van der Waals surface area contributed by atoms with E-state index in [9.17, 15) is 9.59 Å². The van der Waals surface area contributed by atoms with Crippen molar-refractivity contribution in [3.63, 3.8) is 0 Å². The quantitative estimate of drug-likeness (QED) is 0.578. The average molecular weight is 383 g/mol. The Hall–Kier alpha value is -3.05. The van der Waals surface area contributed by atoms with Crippen LogP contribution < -0.4 is 10.1 Å². The number of nitrogens with zero attached hydrogens (tertiary/aromatic N) is 1. The highest BCUT2D eigenvalue weighted by Gasteiger charge is 2.38. The molecule has 0 saturated carbocycles. The second-order valence-electron chi connectivity index (χ2n) is 5.85. The van der Waals surface area contributed by atoms with Gasteiger partial charge in [-0.05, 0) is 36.8 Å². The van der Waals surface area contributed by atoms with E-state index < -0.39 is 5.91 Å². The molecule has 0 aromatic heterocycles. The van der Waals surface area contributed by atoms with E-state index in [1.165, 1.54) is 6.08 Å². The Kier molecular flexibility index (Phi) is 5.62. The summed E-state index contributed by atoms with van der Waals surface area (Å²) in [6.07, 6.45) is 1.52. The number of anilines is 1. The number of amides is 2. The van der Waals surface area contributed by atoms with E-state index in [1.807, 2.05) is 25.1 Å². The van der Waals surface area contributed by atoms with Crippen LogP contribution in [0.5, 0.6) is 5.75 Å². The van der Waals surface area contributed by atoms with Crippen LogP contribution in [0.2, 0.25) is 5.02 Å². The van der Waals surface area contributed by atoms with E-state index in [4.69, 9.17) is 16.3 Å². The lowest BCUT2D eigenvalue weighted by Crippen LogP contribution is -2.32. The van der Waals surface area contributed by atoms with Crippen LogP contribution in [0.4, 0.5) is 5.69 Å². The summed E-state index contributed by atoms with van der Waals surface area (Å²) in [6, 6.07) is 14.0. The minimum Gasteiger partial charge on any atom is -0.494 e. The van der Waals surface area contributed by atoms with Crippen molar-refractivity contribution in [1.29, 1.82) is 0 Å². The van der Waals surface area contributed by atoms with Gasteiger partial charge >= 0.3 is 0 Å². The molecule has 2 aromatic rings. The Morgan fingerprint density at radius 3 is 2.56 bits per heavy atom. The molecule has 138 valence electrons. The summed E-state index contributed by atoms with van der Waals surface area (Å²) >= 11 is 5.95. The number of rotatable bonds is 7. The molecule has 1 N–H and O–H groups in total. The molecule has 0 fully saturated rings. The lowest BCUT2D eigenvalue weighted by molar-refractivity contribution is -0.136. The number of nitrogens with one attached hydrogen (secondary N) is 1. The number of ether oxygens (including phenoxy) is 1. The van der Waals surface area contributed by atoms with E-state index in [2.05, 4.69) is 11.9 Å². The van der Waals surface area contributed by atoms with Crippen molar-refractivity contribution in [2.75, 3.05) is 18.5 Å². The van der Waals surface area contributed by atoms with Crippen LogP contribution in [0.3, 0.4) is 0 Å². The smallest absolute Gasteiger partial charge is 0.278 e. The summed E-state index contributed by atoms with van der Waals surface area (Å²) in [5.41, 5.74) is 1.80. The molecule has 27 heavy (non-hydrogen) atoms. The van der Waals surface area contributed by atoms with Crippen LogP contribution in [0.25, 0.3) is 5.57 Å². The molecule has 6 heteroatoms. The van der Waals surface area contributed by atoms with Crippen molar-refractivity contribution in [2.45, 2.75) is 6.92 Å². The maximum absolute atomic E-state index is 12.9. The normalized spacial score (nSPS) is 13.9. The molecule has 0 bridgehead atoms. The van der Waals surface area contributed by atoms with E-state index in [1.54, 1.807) is 30.3 Å². The second kappa shape index (κ2) is 8.10. The Bertz CT molecular complexity index is 919. The van der Waals surface area contributed by atoms with Gasteiger partial charge < -0.3 is 10.1 Å². The molecule has 3 rings (SSSR count). The standard InChI is InChI=1S/C21H19ClN2O3/c1-3-12-24-20(25)18(14-8-10-15(22)11-9-14)19(21(24)26)23-16-6-5-7-17(13-16)27-4-2/h3,5-11,13,23H,1,4,12H2,2H3. The van der Waals surface area contributed by atoms with Gasteiger partial charge in [0.2, 0.25) is 0 Å². The van der Waals surface area contributed by atoms with Gasteiger partial charge in [-0.2, -0.15) is 0 Å². The lowest BCUT2D eigenvalue weighted by Gasteiger charge is -2.13. The van der Waals surface area contributed by atoms with Gasteiger partial charge in [0.15, 0.2) is 0 Å². The van der Waals surface area contributed by atoms with Crippen molar-refractivity contribution in [3.8, 4) is 5.75 Å². The van der Waals surface area contributed by atoms with Crippen molar-refractivity contribution in [3.05, 3.63) is 77.5 Å². The SMILES string of the molecule is C=CCN1C(=O)C(Nc2cccc(OCC)c2)=C(c2ccc(Cl)cc2)C1=O. The molecule has 0 unspecified atom stereocenters. The van der Waals surface area contributed by atoms with Gasteiger partial charge in [0, 0.05) is 23.3 Å². The van der Waals surface area contributed by atoms with Crippen LogP contribution in [-0.2, 0) is 9.59 Å². The minimum absolute atomic E-state index is 0.138. The predicted octanol–water partition coefficient (Wildman–Crippen LogP) is 4.12. The predicted molar refractivity (Wildman–Crippen MR) is 107 cm³/mol. The average Bonchev–Trinajstić information content (AvgIpc) is 2.88. The van der Waals surface area contributed by atoms with E-state index in [-0.39, 0.29) is 18.1 Å². The Labute approximate surface area is 162 Å². The lowest BCUT2D eigenvalue weighted by atomic mass is 10.0. The zero-order valence-electron chi connectivity index (χ0n) is 14.9. The van der Waals surface area contributed by atoms with Crippen LogP contribution in [0.15, 0.2) is 66.9 Å². The largest absolute Gasteiger partial charge is 0.494 e. The maximum atomic E-state index is 12.9. The Balaban J connectivity index is 2.04. The molecule has 0 atom stereocenters. The summed E-state index contributed by atoms with van der Waals surface area (Å²) in [7, 11) is 0. The van der Waals surface area contributed by atoms with Crippen molar-refractivity contribution < 1.29 is 14.3 Å². The summed E-state index contributed by atoms with van der Waals surface area (Å²) < 4.78 is 5.50. The maximum Gasteiger partial charge on any atom is 0.278 e. The highest BCUT2D eigenvalue weighted by atomic mass is 35.5. The Morgan fingerprint density at radius 1 is 1.15 bits per heavy atom. The number of carbonyl (C=O) groups is 2. The highest BCUT2D eigenvalue weighted by Crippen LogP contribution is 2.31. The minimum atomic E-state index is -0.397. The molecule has 0 aliphatic carbocycles. The summed E-state index contributed by atoms with van der Waals surface area (Å²) in [5, 5.41) is 3.65. The van der Waals surface area contributed by atoms with Crippen LogP contribution in [-0.4, -0.2) is 29.9 Å². The number of benzene rings is 2. The molecule has 5 nitrogen and oxygen atoms in total. The van der Waals surface area contributed by atoms with Crippen molar-refractivity contribution in [1.82, 2.24) is 4.90 Å². The zero-order chi connectivity index (χ0) is 19.4. The first kappa shape index (κ1) is 18.7. The third kappa shape index (κ3) is 3.88. The molecule has 0 spiro atoms. The number of hydrogen-bond donors (Lipinski definition) is 1. The fourth-order valence-corrected chi connectivity index (χ4v) is 2.97. The van der Waals surface area contributed by atoms with Gasteiger partial charge in [-0.25, -0.2) is 0 Å². The van der Waals surface area contributed by atoms with E-state index >= 15 is 0 Å². The number of hydrogen-bond acceptors (Lipinski definition) is 4. The molecule has 1 heterocycles. The van der Waals surface area contributed by atoms with Crippen LogP contribution in [0.1, 0.15) is 12.5 Å². The zero-order valence-corrected chi connectivity index (χ0v) is 15.6. The van der Waals surface area contributed by atoms with Gasteiger partial charge in [-0.1, -0.05) is 35.9 Å². The molecule has 1 aliphatic heterocycles. The van der Waals surface area contributed by atoms with E-state index in [0.717, 1.165) is 4.90 Å². The summed E-state index contributed by atoms with van der Waals surface area (Å²) in [4.78, 5) is 26.9. The molecule has 2 aromatic carbocycles. The third-order valence-electron chi connectivity index (χ3n) is 4.03. The summed E-state index contributed by atoms with van der Waals surface area (Å²) in [5.74, 6) is -0.0896. The van der Waals surface area contributed by atoms with Crippen molar-refractivity contribution >= 4 is 34.7 Å². The van der Waals surface area contributed by atoms with Crippen LogP contribution in [0, 0.1) is 0 Å². The molecule has 0 saturated heterocycles. The van der Waals surface area contributed by atoms with Gasteiger partial charge in [-0.15, -0.1) is 6.58 Å². The fourth-order valence-electron chi connectivity index (χ4n) is 2.85.